The van der Waals surface area contributed by atoms with Crippen molar-refractivity contribution < 1.29 is 14.2 Å². The molecule has 1 fully saturated rings. The number of para-hydroxylation sites is 1. The van der Waals surface area contributed by atoms with Crippen molar-refractivity contribution in [1.82, 2.24) is 14.7 Å². The van der Waals surface area contributed by atoms with E-state index in [0.29, 0.717) is 55.0 Å². The summed E-state index contributed by atoms with van der Waals surface area (Å²) in [5.74, 6) is -0.188. The molecule has 0 bridgehead atoms. The van der Waals surface area contributed by atoms with Crippen molar-refractivity contribution in [2.75, 3.05) is 32.8 Å². The van der Waals surface area contributed by atoms with E-state index in [1.54, 1.807) is 24.3 Å². The van der Waals surface area contributed by atoms with Gasteiger partial charge in [0.05, 0.1) is 25.5 Å². The molecule has 1 saturated heterocycles. The summed E-state index contributed by atoms with van der Waals surface area (Å²) in [5.41, 5.74) is 3.17. The highest BCUT2D eigenvalue weighted by atomic mass is 19.1. The number of phenolic OH excluding ortho intramolecular Hbond substituents is 1. The van der Waals surface area contributed by atoms with Crippen molar-refractivity contribution in [2.24, 2.45) is 0 Å². The van der Waals surface area contributed by atoms with Crippen LogP contribution in [0.25, 0.3) is 11.1 Å². The Morgan fingerprint density at radius 2 is 1.84 bits per heavy atom. The van der Waals surface area contributed by atoms with Gasteiger partial charge in [-0.2, -0.15) is 5.10 Å². The van der Waals surface area contributed by atoms with E-state index in [4.69, 9.17) is 4.74 Å². The molecule has 7 heteroatoms. The second-order valence-electron chi connectivity index (χ2n) is 8.07. The first-order valence-corrected chi connectivity index (χ1v) is 11.0. The van der Waals surface area contributed by atoms with E-state index < -0.39 is 0 Å². The Kier molecular flexibility index (Phi) is 6.97. The van der Waals surface area contributed by atoms with Gasteiger partial charge in [0, 0.05) is 36.3 Å². The Labute approximate surface area is 186 Å². The van der Waals surface area contributed by atoms with Crippen LogP contribution < -0.4 is 5.56 Å². The molecule has 2 heterocycles. The molecule has 0 aliphatic carbocycles. The SMILES string of the molecule is Cc1nn(CCN2CCOCC2)c(=O)c(CCc2cccc(F)c2)c1-c1ccccc1O. The van der Waals surface area contributed by atoms with Crippen LogP contribution in [0.2, 0.25) is 0 Å². The molecular weight excluding hydrogens is 409 g/mol. The summed E-state index contributed by atoms with van der Waals surface area (Å²) in [6.45, 7) is 6.14. The molecule has 1 N–H and O–H groups in total. The molecule has 6 nitrogen and oxygen atoms in total. The first-order chi connectivity index (χ1) is 15.5. The Balaban J connectivity index is 1.69. The number of aromatic nitrogens is 2. The fraction of sp³-hybridized carbons (Fsp3) is 0.360. The van der Waals surface area contributed by atoms with Gasteiger partial charge in [-0.3, -0.25) is 9.69 Å². The molecule has 32 heavy (non-hydrogen) atoms. The smallest absolute Gasteiger partial charge is 0.270 e. The normalized spacial score (nSPS) is 14.6. The summed E-state index contributed by atoms with van der Waals surface area (Å²) in [6.07, 6.45) is 0.938. The van der Waals surface area contributed by atoms with Gasteiger partial charge in [-0.1, -0.05) is 30.3 Å². The summed E-state index contributed by atoms with van der Waals surface area (Å²) in [4.78, 5) is 15.7. The summed E-state index contributed by atoms with van der Waals surface area (Å²) in [6, 6.07) is 13.4. The average Bonchev–Trinajstić information content (AvgIpc) is 2.80. The number of aryl methyl sites for hydroxylation is 2. The van der Waals surface area contributed by atoms with Crippen LogP contribution in [0.15, 0.2) is 53.3 Å². The number of benzene rings is 2. The molecule has 4 rings (SSSR count). The van der Waals surface area contributed by atoms with Gasteiger partial charge in [-0.25, -0.2) is 9.07 Å². The molecule has 0 spiro atoms. The Morgan fingerprint density at radius 1 is 1.06 bits per heavy atom. The van der Waals surface area contributed by atoms with Gasteiger partial charge in [-0.05, 0) is 43.5 Å². The molecule has 0 radical (unpaired) electrons. The number of rotatable bonds is 7. The summed E-state index contributed by atoms with van der Waals surface area (Å²) in [7, 11) is 0. The fourth-order valence-corrected chi connectivity index (χ4v) is 4.21. The van der Waals surface area contributed by atoms with Gasteiger partial charge in [0.1, 0.15) is 11.6 Å². The van der Waals surface area contributed by atoms with Gasteiger partial charge in [0.15, 0.2) is 0 Å². The van der Waals surface area contributed by atoms with E-state index in [-0.39, 0.29) is 17.1 Å². The van der Waals surface area contributed by atoms with Gasteiger partial charge >= 0.3 is 0 Å². The molecule has 0 saturated carbocycles. The zero-order valence-corrected chi connectivity index (χ0v) is 18.3. The van der Waals surface area contributed by atoms with Crippen LogP contribution in [-0.4, -0.2) is 52.6 Å². The topological polar surface area (TPSA) is 67.6 Å². The highest BCUT2D eigenvalue weighted by molar-refractivity contribution is 5.74. The number of ether oxygens (including phenoxy) is 1. The van der Waals surface area contributed by atoms with Gasteiger partial charge in [0.2, 0.25) is 0 Å². The average molecular weight is 438 g/mol. The molecule has 168 valence electrons. The zero-order valence-electron chi connectivity index (χ0n) is 18.3. The Bertz CT molecular complexity index is 1140. The second kappa shape index (κ2) is 10.1. The summed E-state index contributed by atoms with van der Waals surface area (Å²) < 4.78 is 20.6. The Morgan fingerprint density at radius 3 is 2.59 bits per heavy atom. The van der Waals surface area contributed by atoms with Crippen molar-refractivity contribution in [3.63, 3.8) is 0 Å². The lowest BCUT2D eigenvalue weighted by Crippen LogP contribution is -2.40. The lowest BCUT2D eigenvalue weighted by molar-refractivity contribution is 0.0357. The van der Waals surface area contributed by atoms with Crippen LogP contribution in [0.1, 0.15) is 16.8 Å². The van der Waals surface area contributed by atoms with Crippen LogP contribution in [-0.2, 0) is 24.1 Å². The second-order valence-corrected chi connectivity index (χ2v) is 8.07. The van der Waals surface area contributed by atoms with Crippen molar-refractivity contribution in [3.05, 3.63) is 81.5 Å². The van der Waals surface area contributed by atoms with E-state index in [9.17, 15) is 14.3 Å². The minimum Gasteiger partial charge on any atom is -0.507 e. The Hall–Kier alpha value is -3.03. The maximum absolute atomic E-state index is 13.7. The molecule has 0 atom stereocenters. The maximum Gasteiger partial charge on any atom is 0.270 e. The molecular formula is C25H28FN3O3. The quantitative estimate of drug-likeness (QED) is 0.615. The van der Waals surface area contributed by atoms with E-state index >= 15 is 0 Å². The fourth-order valence-electron chi connectivity index (χ4n) is 4.21. The first kappa shape index (κ1) is 22.2. The lowest BCUT2D eigenvalue weighted by Gasteiger charge is -2.26. The van der Waals surface area contributed by atoms with E-state index in [1.807, 2.05) is 19.1 Å². The summed E-state index contributed by atoms with van der Waals surface area (Å²) in [5, 5.41) is 15.0. The minimum absolute atomic E-state index is 0.106. The van der Waals surface area contributed by atoms with Crippen molar-refractivity contribution in [2.45, 2.75) is 26.3 Å². The van der Waals surface area contributed by atoms with Crippen LogP contribution >= 0.6 is 0 Å². The zero-order chi connectivity index (χ0) is 22.5. The van der Waals surface area contributed by atoms with Crippen LogP contribution in [0.4, 0.5) is 4.39 Å². The third-order valence-electron chi connectivity index (χ3n) is 5.88. The number of halogens is 1. The van der Waals surface area contributed by atoms with Crippen molar-refractivity contribution >= 4 is 0 Å². The third kappa shape index (κ3) is 5.06. The number of aromatic hydroxyl groups is 1. The maximum atomic E-state index is 13.7. The molecule has 3 aromatic rings. The molecule has 1 aliphatic rings. The molecule has 2 aromatic carbocycles. The van der Waals surface area contributed by atoms with E-state index in [2.05, 4.69) is 10.00 Å². The predicted octanol–water partition coefficient (Wildman–Crippen LogP) is 3.18. The van der Waals surface area contributed by atoms with Gasteiger partial charge < -0.3 is 9.84 Å². The van der Waals surface area contributed by atoms with Crippen molar-refractivity contribution in [3.8, 4) is 16.9 Å². The number of phenols is 1. The standard InChI is InChI=1S/C25H28FN3O3/c1-18-24(21-7-2-3-8-23(21)30)22(10-9-19-5-4-6-20(26)17-19)25(31)29(27-18)12-11-28-13-15-32-16-14-28/h2-8,17,30H,9-16H2,1H3. The van der Waals surface area contributed by atoms with E-state index in [0.717, 1.165) is 25.2 Å². The first-order valence-electron chi connectivity index (χ1n) is 11.0. The lowest BCUT2D eigenvalue weighted by atomic mass is 9.94. The number of hydrogen-bond donors (Lipinski definition) is 1. The molecule has 0 unspecified atom stereocenters. The largest absolute Gasteiger partial charge is 0.507 e. The van der Waals surface area contributed by atoms with Crippen LogP contribution in [0.3, 0.4) is 0 Å². The monoisotopic (exact) mass is 437 g/mol. The number of nitrogens with zero attached hydrogens (tertiary/aromatic N) is 3. The van der Waals surface area contributed by atoms with Gasteiger partial charge in [-0.15, -0.1) is 0 Å². The van der Waals surface area contributed by atoms with E-state index in [1.165, 1.54) is 16.8 Å². The van der Waals surface area contributed by atoms with Gasteiger partial charge in [0.25, 0.3) is 5.56 Å². The number of hydrogen-bond acceptors (Lipinski definition) is 5. The van der Waals surface area contributed by atoms with Crippen LogP contribution in [0, 0.1) is 12.7 Å². The molecule has 0 amide bonds. The summed E-state index contributed by atoms with van der Waals surface area (Å²) >= 11 is 0. The van der Waals surface area contributed by atoms with Crippen molar-refractivity contribution in [1.29, 1.82) is 0 Å². The molecule has 1 aromatic heterocycles. The van der Waals surface area contributed by atoms with Crippen LogP contribution in [0.5, 0.6) is 5.75 Å². The highest BCUT2D eigenvalue weighted by Gasteiger charge is 2.20. The third-order valence-corrected chi connectivity index (χ3v) is 5.88. The highest BCUT2D eigenvalue weighted by Crippen LogP contribution is 2.32. The number of morpholine rings is 1. The molecule has 1 aliphatic heterocycles. The predicted molar refractivity (Wildman–Crippen MR) is 121 cm³/mol. The minimum atomic E-state index is -0.294.